The third-order valence-corrected chi connectivity index (χ3v) is 7.06. The van der Waals surface area contributed by atoms with Crippen molar-refractivity contribution in [3.8, 4) is 0 Å². The van der Waals surface area contributed by atoms with Gasteiger partial charge in [-0.3, -0.25) is 9.89 Å². The molecule has 6 heteroatoms. The summed E-state index contributed by atoms with van der Waals surface area (Å²) in [4.78, 5) is 10.3. The van der Waals surface area contributed by atoms with E-state index in [0.29, 0.717) is 6.04 Å². The first-order valence-electron chi connectivity index (χ1n) is 11.7. The topological polar surface area (TPSA) is 49.3 Å². The maximum absolute atomic E-state index is 5.73. The Morgan fingerprint density at radius 3 is 2.57 bits per heavy atom. The summed E-state index contributed by atoms with van der Waals surface area (Å²) >= 11 is 0. The van der Waals surface area contributed by atoms with Crippen molar-refractivity contribution in [2.75, 3.05) is 65.7 Å². The van der Waals surface area contributed by atoms with Crippen LogP contribution in [-0.2, 0) is 14.9 Å². The lowest BCUT2D eigenvalue weighted by Gasteiger charge is -2.38. The van der Waals surface area contributed by atoms with E-state index < -0.39 is 0 Å². The first-order valence-corrected chi connectivity index (χ1v) is 11.7. The summed E-state index contributed by atoms with van der Waals surface area (Å²) in [6.07, 6.45) is 3.29. The zero-order chi connectivity index (χ0) is 20.8. The van der Waals surface area contributed by atoms with Gasteiger partial charge in [-0.15, -0.1) is 0 Å². The molecule has 0 aromatic heterocycles. The van der Waals surface area contributed by atoms with E-state index in [1.165, 1.54) is 17.5 Å². The second-order valence-corrected chi connectivity index (χ2v) is 8.91. The normalized spacial score (nSPS) is 25.5. The number of aliphatic imine (C=N–C) groups is 1. The van der Waals surface area contributed by atoms with Crippen LogP contribution in [0, 0.1) is 6.92 Å². The van der Waals surface area contributed by atoms with Crippen molar-refractivity contribution < 1.29 is 9.47 Å². The van der Waals surface area contributed by atoms with Gasteiger partial charge in [0.2, 0.25) is 0 Å². The molecule has 4 rings (SSSR count). The molecule has 6 nitrogen and oxygen atoms in total. The molecule has 0 bridgehead atoms. The number of nitrogens with one attached hydrogen (secondary N) is 1. The van der Waals surface area contributed by atoms with E-state index in [9.17, 15) is 0 Å². The largest absolute Gasteiger partial charge is 0.381 e. The number of likely N-dealkylation sites (tertiary alicyclic amines) is 1. The number of aryl methyl sites for hydroxylation is 1. The molecular weight excluding hydrogens is 376 g/mol. The molecule has 3 fully saturated rings. The van der Waals surface area contributed by atoms with E-state index in [0.717, 1.165) is 84.5 Å². The Morgan fingerprint density at radius 1 is 1.10 bits per heavy atom. The molecule has 0 saturated carbocycles. The molecule has 0 aliphatic carbocycles. The standard InChI is InChI=1S/C24H38N4O2/c1-3-25-23(28-11-8-21(18-28)27-12-16-30-17-13-27)26-19-24(9-14-29-15-10-24)22-7-5-4-6-20(22)2/h4-7,21H,3,8-19H2,1-2H3,(H,25,26). The molecule has 0 radical (unpaired) electrons. The van der Waals surface area contributed by atoms with Crippen LogP contribution >= 0.6 is 0 Å². The minimum atomic E-state index is 0.0770. The van der Waals surface area contributed by atoms with Crippen LogP contribution in [0.5, 0.6) is 0 Å². The van der Waals surface area contributed by atoms with Gasteiger partial charge in [-0.05, 0) is 44.2 Å². The van der Waals surface area contributed by atoms with Gasteiger partial charge < -0.3 is 19.7 Å². The Bertz CT molecular complexity index is 711. The van der Waals surface area contributed by atoms with Gasteiger partial charge in [0, 0.05) is 57.4 Å². The maximum Gasteiger partial charge on any atom is 0.193 e. The lowest BCUT2D eigenvalue weighted by Crippen LogP contribution is -2.47. The number of nitrogens with zero attached hydrogens (tertiary/aromatic N) is 3. The Hall–Kier alpha value is -1.63. The summed E-state index contributed by atoms with van der Waals surface area (Å²) in [5.41, 5.74) is 2.89. The van der Waals surface area contributed by atoms with E-state index in [1.54, 1.807) is 0 Å². The van der Waals surface area contributed by atoms with Crippen LogP contribution in [0.4, 0.5) is 0 Å². The Labute approximate surface area is 181 Å². The third kappa shape index (κ3) is 4.82. The SMILES string of the molecule is CCNC(=NCC1(c2ccccc2C)CCOCC1)N1CCC(N2CCOCC2)C1. The molecule has 166 valence electrons. The number of ether oxygens (including phenoxy) is 2. The molecule has 1 N–H and O–H groups in total. The van der Waals surface area contributed by atoms with Crippen molar-refractivity contribution in [2.24, 2.45) is 4.99 Å². The number of hydrogen-bond acceptors (Lipinski definition) is 4. The molecule has 3 aliphatic rings. The fourth-order valence-corrected chi connectivity index (χ4v) is 5.27. The van der Waals surface area contributed by atoms with Gasteiger partial charge in [0.05, 0.1) is 19.8 Å². The van der Waals surface area contributed by atoms with Crippen LogP contribution in [0.15, 0.2) is 29.3 Å². The van der Waals surface area contributed by atoms with Gasteiger partial charge in [0.25, 0.3) is 0 Å². The Morgan fingerprint density at radius 2 is 1.83 bits per heavy atom. The minimum Gasteiger partial charge on any atom is -0.381 e. The van der Waals surface area contributed by atoms with E-state index >= 15 is 0 Å². The smallest absolute Gasteiger partial charge is 0.193 e. The van der Waals surface area contributed by atoms with E-state index in [4.69, 9.17) is 14.5 Å². The van der Waals surface area contributed by atoms with E-state index in [1.807, 2.05) is 0 Å². The molecule has 3 aliphatic heterocycles. The average molecular weight is 415 g/mol. The van der Waals surface area contributed by atoms with Crippen LogP contribution in [-0.4, -0.2) is 87.5 Å². The summed E-state index contributed by atoms with van der Waals surface area (Å²) in [6, 6.07) is 9.45. The van der Waals surface area contributed by atoms with Crippen molar-refractivity contribution >= 4 is 5.96 Å². The van der Waals surface area contributed by atoms with Gasteiger partial charge in [-0.2, -0.15) is 0 Å². The number of guanidine groups is 1. The highest BCUT2D eigenvalue weighted by atomic mass is 16.5. The summed E-state index contributed by atoms with van der Waals surface area (Å²) in [6.45, 7) is 13.8. The summed E-state index contributed by atoms with van der Waals surface area (Å²) in [5.74, 6) is 1.08. The predicted octanol–water partition coefficient (Wildman–Crippen LogP) is 2.42. The van der Waals surface area contributed by atoms with E-state index in [2.05, 4.69) is 53.2 Å². The molecule has 30 heavy (non-hydrogen) atoms. The van der Waals surface area contributed by atoms with Crippen LogP contribution < -0.4 is 5.32 Å². The molecule has 0 spiro atoms. The quantitative estimate of drug-likeness (QED) is 0.592. The monoisotopic (exact) mass is 414 g/mol. The lowest BCUT2D eigenvalue weighted by molar-refractivity contribution is 0.0194. The Balaban J connectivity index is 1.50. The van der Waals surface area contributed by atoms with E-state index in [-0.39, 0.29) is 5.41 Å². The van der Waals surface area contributed by atoms with Crippen molar-refractivity contribution in [1.29, 1.82) is 0 Å². The van der Waals surface area contributed by atoms with Crippen molar-refractivity contribution in [2.45, 2.75) is 44.6 Å². The van der Waals surface area contributed by atoms with Crippen LogP contribution in [0.25, 0.3) is 0 Å². The molecule has 0 amide bonds. The highest BCUT2D eigenvalue weighted by Gasteiger charge is 2.36. The zero-order valence-electron chi connectivity index (χ0n) is 18.7. The van der Waals surface area contributed by atoms with Gasteiger partial charge in [-0.25, -0.2) is 0 Å². The summed E-state index contributed by atoms with van der Waals surface area (Å²) in [7, 11) is 0. The highest BCUT2D eigenvalue weighted by Crippen LogP contribution is 2.37. The first kappa shape index (κ1) is 21.6. The fraction of sp³-hybridized carbons (Fsp3) is 0.708. The highest BCUT2D eigenvalue weighted by molar-refractivity contribution is 5.80. The average Bonchev–Trinajstić information content (AvgIpc) is 3.28. The lowest BCUT2D eigenvalue weighted by atomic mass is 9.72. The second kappa shape index (κ2) is 10.1. The molecule has 1 aromatic rings. The fourth-order valence-electron chi connectivity index (χ4n) is 5.27. The molecule has 3 saturated heterocycles. The van der Waals surface area contributed by atoms with Crippen LogP contribution in [0.1, 0.15) is 37.3 Å². The third-order valence-electron chi connectivity index (χ3n) is 7.06. The van der Waals surface area contributed by atoms with Gasteiger partial charge in [0.15, 0.2) is 5.96 Å². The van der Waals surface area contributed by atoms with Gasteiger partial charge in [-0.1, -0.05) is 24.3 Å². The minimum absolute atomic E-state index is 0.0770. The first-order chi connectivity index (χ1) is 14.7. The van der Waals surface area contributed by atoms with Gasteiger partial charge >= 0.3 is 0 Å². The van der Waals surface area contributed by atoms with Gasteiger partial charge in [0.1, 0.15) is 0 Å². The Kier molecular flexibility index (Phi) is 7.28. The molecule has 1 aromatic carbocycles. The second-order valence-electron chi connectivity index (χ2n) is 8.91. The van der Waals surface area contributed by atoms with Crippen LogP contribution in [0.2, 0.25) is 0 Å². The molecule has 1 unspecified atom stereocenters. The molecule has 3 heterocycles. The van der Waals surface area contributed by atoms with Crippen molar-refractivity contribution in [3.63, 3.8) is 0 Å². The predicted molar refractivity (Wildman–Crippen MR) is 121 cm³/mol. The summed E-state index contributed by atoms with van der Waals surface area (Å²) in [5, 5.41) is 3.57. The number of benzene rings is 1. The molecular formula is C24H38N4O2. The number of rotatable bonds is 5. The van der Waals surface area contributed by atoms with Crippen molar-refractivity contribution in [3.05, 3.63) is 35.4 Å². The van der Waals surface area contributed by atoms with Crippen LogP contribution in [0.3, 0.4) is 0 Å². The maximum atomic E-state index is 5.73. The zero-order valence-corrected chi connectivity index (χ0v) is 18.7. The van der Waals surface area contributed by atoms with Crippen molar-refractivity contribution in [1.82, 2.24) is 15.1 Å². The number of morpholine rings is 1. The number of hydrogen-bond donors (Lipinski definition) is 1. The summed E-state index contributed by atoms with van der Waals surface area (Å²) < 4.78 is 11.3. The molecule has 1 atom stereocenters.